The number of carbonyl (C=O) groups is 1. The van der Waals surface area contributed by atoms with Crippen LogP contribution in [0.2, 0.25) is 0 Å². The van der Waals surface area contributed by atoms with Crippen LogP contribution in [-0.2, 0) is 11.2 Å². The monoisotopic (exact) mass is 384 g/mol. The van der Waals surface area contributed by atoms with Crippen molar-refractivity contribution in [2.24, 2.45) is 0 Å². The van der Waals surface area contributed by atoms with Crippen molar-refractivity contribution in [1.29, 1.82) is 0 Å². The standard InChI is InChI=1S/C22H28N2O4/c1-26-19-8-4-3-7-18(19)11-12-23-13-15-24(16-14-23)22(25)17-28-21-10-6-5-9-20(21)27-2/h3-10H,11-17H2,1-2H3. The normalized spacial score (nSPS) is 14.6. The molecule has 1 amide bonds. The van der Waals surface area contributed by atoms with Gasteiger partial charge in [0, 0.05) is 32.7 Å². The first-order valence-corrected chi connectivity index (χ1v) is 9.59. The summed E-state index contributed by atoms with van der Waals surface area (Å²) < 4.78 is 16.3. The van der Waals surface area contributed by atoms with Gasteiger partial charge in [-0.25, -0.2) is 0 Å². The smallest absolute Gasteiger partial charge is 0.260 e. The van der Waals surface area contributed by atoms with Crippen LogP contribution in [0.5, 0.6) is 17.2 Å². The summed E-state index contributed by atoms with van der Waals surface area (Å²) in [7, 11) is 3.30. The Bertz CT molecular complexity index is 773. The number of benzene rings is 2. The van der Waals surface area contributed by atoms with Crippen LogP contribution in [0, 0.1) is 0 Å². The number of piperazine rings is 1. The molecule has 2 aromatic rings. The molecule has 2 aromatic carbocycles. The molecule has 0 aliphatic carbocycles. The summed E-state index contributed by atoms with van der Waals surface area (Å²) in [6.07, 6.45) is 0.939. The lowest BCUT2D eigenvalue weighted by Gasteiger charge is -2.34. The van der Waals surface area contributed by atoms with E-state index in [0.717, 1.165) is 44.9 Å². The van der Waals surface area contributed by atoms with E-state index in [9.17, 15) is 4.79 Å². The van der Waals surface area contributed by atoms with E-state index >= 15 is 0 Å². The Balaban J connectivity index is 1.42. The average molecular weight is 384 g/mol. The highest BCUT2D eigenvalue weighted by Crippen LogP contribution is 2.25. The van der Waals surface area contributed by atoms with E-state index in [-0.39, 0.29) is 12.5 Å². The molecule has 0 aromatic heterocycles. The first-order chi connectivity index (χ1) is 13.7. The van der Waals surface area contributed by atoms with E-state index in [0.29, 0.717) is 11.5 Å². The molecule has 1 heterocycles. The number of amides is 1. The highest BCUT2D eigenvalue weighted by atomic mass is 16.5. The van der Waals surface area contributed by atoms with Gasteiger partial charge in [-0.15, -0.1) is 0 Å². The molecule has 1 aliphatic heterocycles. The van der Waals surface area contributed by atoms with Crippen LogP contribution >= 0.6 is 0 Å². The molecule has 0 bridgehead atoms. The summed E-state index contributed by atoms with van der Waals surface area (Å²) in [5, 5.41) is 0. The Morgan fingerprint density at radius 2 is 1.46 bits per heavy atom. The van der Waals surface area contributed by atoms with Gasteiger partial charge in [-0.2, -0.15) is 0 Å². The van der Waals surface area contributed by atoms with E-state index < -0.39 is 0 Å². The van der Waals surface area contributed by atoms with Crippen molar-refractivity contribution in [1.82, 2.24) is 9.80 Å². The first kappa shape index (κ1) is 20.0. The molecule has 28 heavy (non-hydrogen) atoms. The minimum absolute atomic E-state index is 0.00952. The van der Waals surface area contributed by atoms with Crippen LogP contribution in [-0.4, -0.2) is 69.3 Å². The SMILES string of the molecule is COc1ccccc1CCN1CCN(C(=O)COc2ccccc2OC)CC1. The zero-order valence-corrected chi connectivity index (χ0v) is 16.6. The fourth-order valence-corrected chi connectivity index (χ4v) is 3.38. The number of hydrogen-bond acceptors (Lipinski definition) is 5. The maximum Gasteiger partial charge on any atom is 0.260 e. The number of nitrogens with zero attached hydrogens (tertiary/aromatic N) is 2. The molecule has 1 aliphatic rings. The van der Waals surface area contributed by atoms with Gasteiger partial charge >= 0.3 is 0 Å². The topological polar surface area (TPSA) is 51.2 Å². The lowest BCUT2D eigenvalue weighted by molar-refractivity contribution is -0.135. The van der Waals surface area contributed by atoms with Crippen molar-refractivity contribution in [2.75, 3.05) is 53.6 Å². The number of methoxy groups -OCH3 is 2. The van der Waals surface area contributed by atoms with E-state index in [1.165, 1.54) is 5.56 Å². The van der Waals surface area contributed by atoms with Crippen molar-refractivity contribution in [2.45, 2.75) is 6.42 Å². The van der Waals surface area contributed by atoms with Crippen molar-refractivity contribution in [3.05, 3.63) is 54.1 Å². The van der Waals surface area contributed by atoms with Gasteiger partial charge in [-0.3, -0.25) is 9.69 Å². The quantitative estimate of drug-likeness (QED) is 0.700. The Morgan fingerprint density at radius 1 is 0.857 bits per heavy atom. The zero-order chi connectivity index (χ0) is 19.8. The molecular formula is C22H28N2O4. The molecule has 1 fully saturated rings. The van der Waals surface area contributed by atoms with Crippen LogP contribution in [0.3, 0.4) is 0 Å². The second kappa shape index (κ2) is 9.99. The van der Waals surface area contributed by atoms with Crippen LogP contribution in [0.15, 0.2) is 48.5 Å². The van der Waals surface area contributed by atoms with Crippen LogP contribution in [0.25, 0.3) is 0 Å². The second-order valence-electron chi connectivity index (χ2n) is 6.72. The van der Waals surface area contributed by atoms with Crippen molar-refractivity contribution in [3.8, 4) is 17.2 Å². The third-order valence-electron chi connectivity index (χ3n) is 5.04. The third-order valence-corrected chi connectivity index (χ3v) is 5.04. The van der Waals surface area contributed by atoms with Gasteiger partial charge in [0.25, 0.3) is 5.91 Å². The molecule has 0 unspecified atom stereocenters. The van der Waals surface area contributed by atoms with Gasteiger partial charge in [0.15, 0.2) is 18.1 Å². The largest absolute Gasteiger partial charge is 0.496 e. The number of rotatable bonds is 8. The van der Waals surface area contributed by atoms with Crippen molar-refractivity contribution in [3.63, 3.8) is 0 Å². The number of ether oxygens (including phenoxy) is 3. The zero-order valence-electron chi connectivity index (χ0n) is 16.6. The molecule has 1 saturated heterocycles. The van der Waals surface area contributed by atoms with Crippen LogP contribution in [0.1, 0.15) is 5.56 Å². The summed E-state index contributed by atoms with van der Waals surface area (Å²) in [4.78, 5) is 16.7. The summed E-state index contributed by atoms with van der Waals surface area (Å²) in [5.74, 6) is 2.17. The number of carbonyl (C=O) groups excluding carboxylic acids is 1. The Kier molecular flexibility index (Phi) is 7.14. The van der Waals surface area contributed by atoms with Crippen molar-refractivity contribution >= 4 is 5.91 Å². The van der Waals surface area contributed by atoms with E-state index in [2.05, 4.69) is 11.0 Å². The van der Waals surface area contributed by atoms with Gasteiger partial charge in [0.05, 0.1) is 14.2 Å². The fourth-order valence-electron chi connectivity index (χ4n) is 3.38. The molecule has 0 N–H and O–H groups in total. The van der Waals surface area contributed by atoms with Crippen molar-refractivity contribution < 1.29 is 19.0 Å². The van der Waals surface area contributed by atoms with Gasteiger partial charge in [0.1, 0.15) is 5.75 Å². The summed E-state index contributed by atoms with van der Waals surface area (Å²) >= 11 is 0. The van der Waals surface area contributed by atoms with Gasteiger partial charge in [-0.05, 0) is 30.2 Å². The summed E-state index contributed by atoms with van der Waals surface area (Å²) in [6, 6.07) is 15.5. The summed E-state index contributed by atoms with van der Waals surface area (Å²) in [6.45, 7) is 4.17. The molecule has 6 nitrogen and oxygen atoms in total. The lowest BCUT2D eigenvalue weighted by atomic mass is 10.1. The van der Waals surface area contributed by atoms with E-state index in [4.69, 9.17) is 14.2 Å². The molecule has 6 heteroatoms. The van der Waals surface area contributed by atoms with Gasteiger partial charge in [-0.1, -0.05) is 30.3 Å². The molecule has 0 radical (unpaired) electrons. The predicted molar refractivity (Wildman–Crippen MR) is 108 cm³/mol. The Labute approximate surface area is 166 Å². The van der Waals surface area contributed by atoms with Gasteiger partial charge < -0.3 is 19.1 Å². The number of hydrogen-bond donors (Lipinski definition) is 0. The van der Waals surface area contributed by atoms with Crippen LogP contribution < -0.4 is 14.2 Å². The molecule has 0 atom stereocenters. The third kappa shape index (κ3) is 5.16. The lowest BCUT2D eigenvalue weighted by Crippen LogP contribution is -2.50. The van der Waals surface area contributed by atoms with Crippen LogP contribution in [0.4, 0.5) is 0 Å². The molecule has 3 rings (SSSR count). The summed E-state index contributed by atoms with van der Waals surface area (Å²) in [5.41, 5.74) is 1.22. The molecule has 150 valence electrons. The molecule has 0 spiro atoms. The molecular weight excluding hydrogens is 356 g/mol. The first-order valence-electron chi connectivity index (χ1n) is 9.59. The van der Waals surface area contributed by atoms with E-state index in [1.807, 2.05) is 47.4 Å². The predicted octanol–water partition coefficient (Wildman–Crippen LogP) is 2.47. The second-order valence-corrected chi connectivity index (χ2v) is 6.72. The minimum atomic E-state index is 0.00952. The number of para-hydroxylation sites is 3. The average Bonchev–Trinajstić information content (AvgIpc) is 2.76. The highest BCUT2D eigenvalue weighted by Gasteiger charge is 2.21. The maximum absolute atomic E-state index is 12.5. The Hall–Kier alpha value is -2.73. The minimum Gasteiger partial charge on any atom is -0.496 e. The van der Waals surface area contributed by atoms with E-state index in [1.54, 1.807) is 14.2 Å². The Morgan fingerprint density at radius 3 is 2.14 bits per heavy atom. The highest BCUT2D eigenvalue weighted by molar-refractivity contribution is 5.78. The maximum atomic E-state index is 12.5. The van der Waals surface area contributed by atoms with Gasteiger partial charge in [0.2, 0.25) is 0 Å². The fraction of sp³-hybridized carbons (Fsp3) is 0.409. The molecule has 0 saturated carbocycles.